The number of hydrogen-bond acceptors (Lipinski definition) is 5. The molecule has 0 bridgehead atoms. The van der Waals surface area contributed by atoms with Gasteiger partial charge in [-0.25, -0.2) is 4.98 Å². The molecule has 1 N–H and O–H groups in total. The summed E-state index contributed by atoms with van der Waals surface area (Å²) in [5.74, 6) is 0.204. The first-order valence-corrected chi connectivity index (χ1v) is 7.24. The van der Waals surface area contributed by atoms with E-state index in [0.29, 0.717) is 13.0 Å². The van der Waals surface area contributed by atoms with E-state index < -0.39 is 6.04 Å². The van der Waals surface area contributed by atoms with Crippen LogP contribution in [0.1, 0.15) is 37.6 Å². The Hall–Kier alpha value is -2.44. The monoisotopic (exact) mass is 303 g/mol. The highest BCUT2D eigenvalue weighted by Gasteiger charge is 2.17. The Morgan fingerprint density at radius 3 is 2.73 bits per heavy atom. The third-order valence-electron chi connectivity index (χ3n) is 3.84. The molecule has 2 aromatic rings. The SMILES string of the molecule is CCC(C(C)=O)n1ccnc(NCc2cnn(C)c2C)c1=O. The largest absolute Gasteiger partial charge is 0.361 e. The van der Waals surface area contributed by atoms with Gasteiger partial charge in [-0.1, -0.05) is 6.92 Å². The Morgan fingerprint density at radius 2 is 2.18 bits per heavy atom. The van der Waals surface area contributed by atoms with Gasteiger partial charge >= 0.3 is 0 Å². The maximum Gasteiger partial charge on any atom is 0.293 e. The van der Waals surface area contributed by atoms with E-state index in [1.54, 1.807) is 17.1 Å². The van der Waals surface area contributed by atoms with Crippen molar-refractivity contribution in [2.45, 2.75) is 39.8 Å². The molecule has 0 aliphatic carbocycles. The third kappa shape index (κ3) is 3.08. The minimum Gasteiger partial charge on any atom is -0.361 e. The predicted molar refractivity (Wildman–Crippen MR) is 83.8 cm³/mol. The molecule has 0 spiro atoms. The standard InChI is InChI=1S/C15H21N5O2/c1-5-13(11(3)21)20-7-6-16-14(15(20)22)17-8-12-9-18-19(4)10(12)2/h6-7,9,13H,5,8H2,1-4H3,(H,16,17). The molecule has 2 heterocycles. The lowest BCUT2D eigenvalue weighted by atomic mass is 10.1. The van der Waals surface area contributed by atoms with Crippen molar-refractivity contribution in [2.24, 2.45) is 7.05 Å². The number of nitrogens with zero attached hydrogens (tertiary/aromatic N) is 4. The second-order valence-electron chi connectivity index (χ2n) is 5.26. The zero-order chi connectivity index (χ0) is 16.3. The van der Waals surface area contributed by atoms with E-state index in [1.807, 2.05) is 20.9 Å². The first-order chi connectivity index (χ1) is 10.5. The summed E-state index contributed by atoms with van der Waals surface area (Å²) in [4.78, 5) is 28.2. The van der Waals surface area contributed by atoms with Crippen LogP contribution in [0.5, 0.6) is 0 Å². The molecule has 0 aromatic carbocycles. The summed E-state index contributed by atoms with van der Waals surface area (Å²) >= 11 is 0. The highest BCUT2D eigenvalue weighted by molar-refractivity contribution is 5.79. The molecule has 0 amide bonds. The van der Waals surface area contributed by atoms with Crippen LogP contribution in [0.3, 0.4) is 0 Å². The number of aromatic nitrogens is 4. The van der Waals surface area contributed by atoms with Crippen LogP contribution in [0.4, 0.5) is 5.82 Å². The van der Waals surface area contributed by atoms with E-state index >= 15 is 0 Å². The number of hydrogen-bond donors (Lipinski definition) is 1. The number of Topliss-reactive ketones (excluding diaryl/α,β-unsaturated/α-hetero) is 1. The Bertz CT molecular complexity index is 732. The smallest absolute Gasteiger partial charge is 0.293 e. The topological polar surface area (TPSA) is 81.8 Å². The molecule has 118 valence electrons. The molecular weight excluding hydrogens is 282 g/mol. The quantitative estimate of drug-likeness (QED) is 0.873. The van der Waals surface area contributed by atoms with Crippen molar-refractivity contribution < 1.29 is 4.79 Å². The maximum absolute atomic E-state index is 12.5. The van der Waals surface area contributed by atoms with Gasteiger partial charge in [-0.2, -0.15) is 5.10 Å². The molecular formula is C15H21N5O2. The fourth-order valence-corrected chi connectivity index (χ4v) is 2.37. The normalized spacial score (nSPS) is 12.2. The highest BCUT2D eigenvalue weighted by atomic mass is 16.1. The Kier molecular flexibility index (Phi) is 4.75. The van der Waals surface area contributed by atoms with Gasteiger partial charge in [0.2, 0.25) is 0 Å². The minimum absolute atomic E-state index is 0.0372. The van der Waals surface area contributed by atoms with Crippen molar-refractivity contribution in [2.75, 3.05) is 5.32 Å². The number of carbonyl (C=O) groups is 1. The molecule has 7 nitrogen and oxygen atoms in total. The molecule has 2 aromatic heterocycles. The van der Waals surface area contributed by atoms with E-state index in [9.17, 15) is 9.59 Å². The number of ketones is 1. The number of aryl methyl sites for hydroxylation is 1. The van der Waals surface area contributed by atoms with Gasteiger partial charge in [0.25, 0.3) is 5.56 Å². The van der Waals surface area contributed by atoms with Gasteiger partial charge in [0.05, 0.1) is 12.2 Å². The second kappa shape index (κ2) is 6.55. The van der Waals surface area contributed by atoms with Crippen molar-refractivity contribution in [1.82, 2.24) is 19.3 Å². The van der Waals surface area contributed by atoms with Gasteiger partial charge in [0.1, 0.15) is 0 Å². The molecule has 22 heavy (non-hydrogen) atoms. The van der Waals surface area contributed by atoms with E-state index in [1.165, 1.54) is 17.7 Å². The van der Waals surface area contributed by atoms with Crippen LogP contribution >= 0.6 is 0 Å². The Morgan fingerprint density at radius 1 is 1.45 bits per heavy atom. The van der Waals surface area contributed by atoms with Crippen molar-refractivity contribution in [3.05, 3.63) is 40.2 Å². The average Bonchev–Trinajstić information content (AvgIpc) is 2.80. The summed E-state index contributed by atoms with van der Waals surface area (Å²) in [7, 11) is 1.87. The predicted octanol–water partition coefficient (Wildman–Crippen LogP) is 1.44. The molecule has 0 saturated heterocycles. The van der Waals surface area contributed by atoms with E-state index in [-0.39, 0.29) is 17.2 Å². The van der Waals surface area contributed by atoms with Crippen LogP contribution in [0.2, 0.25) is 0 Å². The van der Waals surface area contributed by atoms with Crippen LogP contribution in [0, 0.1) is 6.92 Å². The first kappa shape index (κ1) is 15.9. The number of carbonyl (C=O) groups excluding carboxylic acids is 1. The van der Waals surface area contributed by atoms with Crippen molar-refractivity contribution in [3.63, 3.8) is 0 Å². The lowest BCUT2D eigenvalue weighted by Gasteiger charge is -2.15. The van der Waals surface area contributed by atoms with Gasteiger partial charge in [-0.15, -0.1) is 0 Å². The van der Waals surface area contributed by atoms with Crippen molar-refractivity contribution in [1.29, 1.82) is 0 Å². The molecule has 0 aliphatic heterocycles. The van der Waals surface area contributed by atoms with Crippen molar-refractivity contribution >= 4 is 11.6 Å². The van der Waals surface area contributed by atoms with E-state index in [4.69, 9.17) is 0 Å². The van der Waals surface area contributed by atoms with Gasteiger partial charge in [-0.3, -0.25) is 14.3 Å². The number of nitrogens with one attached hydrogen (secondary N) is 1. The zero-order valence-electron chi connectivity index (χ0n) is 13.3. The minimum atomic E-state index is -0.448. The summed E-state index contributed by atoms with van der Waals surface area (Å²) in [6.45, 7) is 5.80. The summed E-state index contributed by atoms with van der Waals surface area (Å²) in [6.07, 6.45) is 5.42. The average molecular weight is 303 g/mol. The van der Waals surface area contributed by atoms with Gasteiger partial charge < -0.3 is 9.88 Å². The summed E-state index contributed by atoms with van der Waals surface area (Å²) in [5.41, 5.74) is 1.74. The molecule has 0 aliphatic rings. The Labute approximate surface area is 129 Å². The lowest BCUT2D eigenvalue weighted by molar-refractivity contribution is -0.120. The third-order valence-corrected chi connectivity index (χ3v) is 3.84. The molecule has 2 rings (SSSR count). The first-order valence-electron chi connectivity index (χ1n) is 7.24. The maximum atomic E-state index is 12.5. The Balaban J connectivity index is 2.24. The summed E-state index contributed by atoms with van der Waals surface area (Å²) in [5, 5.41) is 7.19. The van der Waals surface area contributed by atoms with Gasteiger partial charge in [-0.05, 0) is 20.3 Å². The highest BCUT2D eigenvalue weighted by Crippen LogP contribution is 2.11. The van der Waals surface area contributed by atoms with Crippen molar-refractivity contribution in [3.8, 4) is 0 Å². The van der Waals surface area contributed by atoms with Gasteiger partial charge in [0.15, 0.2) is 11.6 Å². The zero-order valence-corrected chi connectivity index (χ0v) is 13.3. The van der Waals surface area contributed by atoms with Crippen LogP contribution in [-0.2, 0) is 18.4 Å². The number of rotatable bonds is 6. The van der Waals surface area contributed by atoms with E-state index in [0.717, 1.165) is 11.3 Å². The molecule has 1 unspecified atom stereocenters. The molecule has 7 heteroatoms. The van der Waals surface area contributed by atoms with Gasteiger partial charge in [0, 0.05) is 37.2 Å². The summed E-state index contributed by atoms with van der Waals surface area (Å²) in [6, 6.07) is -0.448. The number of anilines is 1. The molecule has 0 radical (unpaired) electrons. The van der Waals surface area contributed by atoms with Crippen LogP contribution in [-0.4, -0.2) is 25.1 Å². The second-order valence-corrected chi connectivity index (χ2v) is 5.26. The molecule has 0 fully saturated rings. The molecule has 1 atom stereocenters. The van der Waals surface area contributed by atoms with E-state index in [2.05, 4.69) is 15.4 Å². The fraction of sp³-hybridized carbons (Fsp3) is 0.467. The summed E-state index contributed by atoms with van der Waals surface area (Å²) < 4.78 is 3.21. The molecule has 0 saturated carbocycles. The van der Waals surface area contributed by atoms with Crippen LogP contribution < -0.4 is 10.9 Å². The fourth-order valence-electron chi connectivity index (χ4n) is 2.37. The van der Waals surface area contributed by atoms with Crippen LogP contribution in [0.15, 0.2) is 23.4 Å². The lowest BCUT2D eigenvalue weighted by Crippen LogP contribution is -2.30. The van der Waals surface area contributed by atoms with Crippen LogP contribution in [0.25, 0.3) is 0 Å².